The second-order valence-electron chi connectivity index (χ2n) is 3.79. The van der Waals surface area contributed by atoms with Crippen LogP contribution in [0, 0.1) is 5.92 Å². The third kappa shape index (κ3) is 4.00. The van der Waals surface area contributed by atoms with Crippen molar-refractivity contribution < 1.29 is 9.47 Å². The highest BCUT2D eigenvalue weighted by molar-refractivity contribution is 5.36. The summed E-state index contributed by atoms with van der Waals surface area (Å²) >= 11 is 0. The molecule has 1 aromatic heterocycles. The Bertz CT molecular complexity index is 331. The first-order chi connectivity index (χ1) is 7.65. The minimum Gasteiger partial charge on any atom is -0.477 e. The number of nitrogens with zero attached hydrogens (tertiary/aromatic N) is 2. The van der Waals surface area contributed by atoms with E-state index in [9.17, 15) is 0 Å². The number of rotatable bonds is 6. The van der Waals surface area contributed by atoms with Crippen molar-refractivity contribution >= 4 is 5.82 Å². The quantitative estimate of drug-likeness (QED) is 0.555. The molecule has 0 bridgehead atoms. The topological polar surface area (TPSA) is 82.3 Å². The molecule has 0 unspecified atom stereocenters. The summed E-state index contributed by atoms with van der Waals surface area (Å²) in [6.45, 7) is 5.07. The lowest BCUT2D eigenvalue weighted by molar-refractivity contribution is 0.175. The molecule has 0 aliphatic rings. The number of ether oxygens (including phenoxy) is 2. The third-order valence-electron chi connectivity index (χ3n) is 1.73. The van der Waals surface area contributed by atoms with E-state index < -0.39 is 0 Å². The van der Waals surface area contributed by atoms with Crippen molar-refractivity contribution in [2.45, 2.75) is 20.5 Å². The monoisotopic (exact) mass is 226 g/mol. The summed E-state index contributed by atoms with van der Waals surface area (Å²) in [7, 11) is 1.58. The third-order valence-corrected chi connectivity index (χ3v) is 1.73. The largest absolute Gasteiger partial charge is 0.477 e. The van der Waals surface area contributed by atoms with E-state index >= 15 is 0 Å². The van der Waals surface area contributed by atoms with Crippen molar-refractivity contribution in [2.24, 2.45) is 11.8 Å². The highest BCUT2D eigenvalue weighted by Crippen LogP contribution is 2.14. The van der Waals surface area contributed by atoms with Gasteiger partial charge in [-0.3, -0.25) is 0 Å². The van der Waals surface area contributed by atoms with Crippen LogP contribution in [0.3, 0.4) is 0 Å². The molecular weight excluding hydrogens is 208 g/mol. The number of nitrogens with one attached hydrogen (secondary N) is 1. The average Bonchev–Trinajstić information content (AvgIpc) is 2.26. The molecule has 16 heavy (non-hydrogen) atoms. The van der Waals surface area contributed by atoms with Gasteiger partial charge in [0.05, 0.1) is 6.61 Å². The van der Waals surface area contributed by atoms with Gasteiger partial charge in [-0.05, 0) is 5.92 Å². The Kier molecular flexibility index (Phi) is 4.94. The molecule has 0 radical (unpaired) electrons. The summed E-state index contributed by atoms with van der Waals surface area (Å²) in [6, 6.07) is 1.65. The molecule has 0 spiro atoms. The van der Waals surface area contributed by atoms with Crippen LogP contribution >= 0.6 is 0 Å². The van der Waals surface area contributed by atoms with Crippen molar-refractivity contribution in [3.8, 4) is 5.88 Å². The Balaban J connectivity index is 2.77. The fourth-order valence-corrected chi connectivity index (χ4v) is 1.07. The maximum atomic E-state index is 5.49. The first-order valence-electron chi connectivity index (χ1n) is 5.12. The van der Waals surface area contributed by atoms with Gasteiger partial charge in [0, 0.05) is 13.2 Å². The number of aromatic nitrogens is 2. The summed E-state index contributed by atoms with van der Waals surface area (Å²) in [5.74, 6) is 7.30. The van der Waals surface area contributed by atoms with Crippen LogP contribution in [-0.4, -0.2) is 23.7 Å². The summed E-state index contributed by atoms with van der Waals surface area (Å²) in [5, 5.41) is 0. The number of anilines is 1. The zero-order chi connectivity index (χ0) is 12.0. The molecule has 0 amide bonds. The van der Waals surface area contributed by atoms with Crippen molar-refractivity contribution in [3.05, 3.63) is 11.9 Å². The van der Waals surface area contributed by atoms with Gasteiger partial charge in [-0.25, -0.2) is 10.8 Å². The molecule has 0 saturated heterocycles. The second kappa shape index (κ2) is 6.24. The minimum atomic E-state index is 0.327. The maximum absolute atomic E-state index is 5.49. The fourth-order valence-electron chi connectivity index (χ4n) is 1.07. The van der Waals surface area contributed by atoms with Crippen LogP contribution in [0.1, 0.15) is 19.7 Å². The predicted octanol–water partition coefficient (Wildman–Crippen LogP) is 0.943. The lowest BCUT2D eigenvalue weighted by atomic mass is 10.2. The average molecular weight is 226 g/mol. The van der Waals surface area contributed by atoms with E-state index in [2.05, 4.69) is 29.2 Å². The summed E-state index contributed by atoms with van der Waals surface area (Å²) in [6.07, 6.45) is 0. The number of nitrogens with two attached hydrogens (primary N) is 1. The van der Waals surface area contributed by atoms with E-state index in [4.69, 9.17) is 15.3 Å². The molecular formula is C10H18N4O2. The van der Waals surface area contributed by atoms with E-state index in [0.29, 0.717) is 36.7 Å². The van der Waals surface area contributed by atoms with Crippen LogP contribution in [0.25, 0.3) is 0 Å². The molecule has 3 N–H and O–H groups in total. The summed E-state index contributed by atoms with van der Waals surface area (Å²) in [5.41, 5.74) is 2.47. The van der Waals surface area contributed by atoms with E-state index in [1.807, 2.05) is 0 Å². The van der Waals surface area contributed by atoms with Gasteiger partial charge in [0.1, 0.15) is 12.4 Å². The smallest absolute Gasteiger partial charge is 0.218 e. The number of hydrogen-bond acceptors (Lipinski definition) is 6. The zero-order valence-electron chi connectivity index (χ0n) is 9.86. The Morgan fingerprint density at radius 1 is 1.44 bits per heavy atom. The predicted molar refractivity (Wildman–Crippen MR) is 60.9 cm³/mol. The van der Waals surface area contributed by atoms with Gasteiger partial charge < -0.3 is 14.9 Å². The van der Waals surface area contributed by atoms with E-state index in [-0.39, 0.29) is 0 Å². The van der Waals surface area contributed by atoms with Crippen LogP contribution < -0.4 is 16.0 Å². The van der Waals surface area contributed by atoms with E-state index in [0.717, 1.165) is 0 Å². The van der Waals surface area contributed by atoms with E-state index in [1.165, 1.54) is 0 Å². The van der Waals surface area contributed by atoms with Gasteiger partial charge in [0.2, 0.25) is 5.88 Å². The van der Waals surface area contributed by atoms with Crippen LogP contribution in [0.15, 0.2) is 6.07 Å². The first kappa shape index (κ1) is 12.7. The first-order valence-corrected chi connectivity index (χ1v) is 5.12. The molecule has 0 aliphatic heterocycles. The standard InChI is InChI=1S/C10H18N4O2/c1-7(2)5-16-10-4-8(14-11)12-9(13-10)6-15-3/h4,7H,5-6,11H2,1-3H3,(H,12,13,14). The minimum absolute atomic E-state index is 0.327. The Morgan fingerprint density at radius 3 is 2.75 bits per heavy atom. The van der Waals surface area contributed by atoms with Crippen LogP contribution in [-0.2, 0) is 11.3 Å². The number of hydrogen-bond donors (Lipinski definition) is 2. The molecule has 0 saturated carbocycles. The Hall–Kier alpha value is -1.40. The molecule has 1 aromatic rings. The van der Waals surface area contributed by atoms with Gasteiger partial charge in [0.15, 0.2) is 5.82 Å². The second-order valence-corrected chi connectivity index (χ2v) is 3.79. The molecule has 90 valence electrons. The SMILES string of the molecule is COCc1nc(NN)cc(OCC(C)C)n1. The number of methoxy groups -OCH3 is 1. The molecule has 0 fully saturated rings. The summed E-state index contributed by atoms with van der Waals surface area (Å²) in [4.78, 5) is 8.31. The van der Waals surface area contributed by atoms with Crippen molar-refractivity contribution in [1.82, 2.24) is 9.97 Å². The molecule has 1 heterocycles. The number of hydrazine groups is 1. The van der Waals surface area contributed by atoms with Gasteiger partial charge in [-0.2, -0.15) is 4.98 Å². The highest BCUT2D eigenvalue weighted by atomic mass is 16.5. The van der Waals surface area contributed by atoms with Crippen LogP contribution in [0.5, 0.6) is 5.88 Å². The van der Waals surface area contributed by atoms with Gasteiger partial charge >= 0.3 is 0 Å². The molecule has 0 aliphatic carbocycles. The maximum Gasteiger partial charge on any atom is 0.218 e. The van der Waals surface area contributed by atoms with Crippen molar-refractivity contribution in [3.63, 3.8) is 0 Å². The molecule has 6 heteroatoms. The molecule has 6 nitrogen and oxygen atoms in total. The van der Waals surface area contributed by atoms with Crippen LogP contribution in [0.4, 0.5) is 5.82 Å². The van der Waals surface area contributed by atoms with E-state index in [1.54, 1.807) is 13.2 Å². The number of nitrogen functional groups attached to an aromatic ring is 1. The van der Waals surface area contributed by atoms with Crippen molar-refractivity contribution in [2.75, 3.05) is 19.1 Å². The fraction of sp³-hybridized carbons (Fsp3) is 0.600. The highest BCUT2D eigenvalue weighted by Gasteiger charge is 2.05. The van der Waals surface area contributed by atoms with Crippen molar-refractivity contribution in [1.29, 1.82) is 0 Å². The summed E-state index contributed by atoms with van der Waals surface area (Å²) < 4.78 is 10.5. The lowest BCUT2D eigenvalue weighted by Crippen LogP contribution is -2.13. The molecule has 0 aromatic carbocycles. The van der Waals surface area contributed by atoms with Gasteiger partial charge in [-0.1, -0.05) is 13.8 Å². The molecule has 1 rings (SSSR count). The lowest BCUT2D eigenvalue weighted by Gasteiger charge is -2.10. The van der Waals surface area contributed by atoms with Crippen LogP contribution in [0.2, 0.25) is 0 Å². The Labute approximate surface area is 95.1 Å². The molecule has 0 atom stereocenters. The Morgan fingerprint density at radius 2 is 2.19 bits per heavy atom. The normalized spacial score (nSPS) is 10.6. The van der Waals surface area contributed by atoms with Gasteiger partial charge in [-0.15, -0.1) is 0 Å². The zero-order valence-corrected chi connectivity index (χ0v) is 9.86. The van der Waals surface area contributed by atoms with Gasteiger partial charge in [0.25, 0.3) is 0 Å².